The lowest BCUT2D eigenvalue weighted by Gasteiger charge is -2.32. The standard InChI is InChI=1S/C18H28BNO3/c1-13-11-16(21-14-9-7-6-8-10-14)20-12-15(13)19-22-17(2,3)18(4,5)23-19/h11-12,14H,6-10H2,1-5H3. The predicted molar refractivity (Wildman–Crippen MR) is 92.2 cm³/mol. The Bertz CT molecular complexity index is 551. The molecule has 1 saturated heterocycles. The zero-order valence-corrected chi connectivity index (χ0v) is 15.0. The third kappa shape index (κ3) is 3.41. The molecule has 23 heavy (non-hydrogen) atoms. The van der Waals surface area contributed by atoms with E-state index in [0.717, 1.165) is 29.7 Å². The summed E-state index contributed by atoms with van der Waals surface area (Å²) in [6.07, 6.45) is 8.28. The molecule has 1 aliphatic carbocycles. The molecule has 1 aromatic heterocycles. The van der Waals surface area contributed by atoms with Gasteiger partial charge in [0.1, 0.15) is 6.10 Å². The van der Waals surface area contributed by atoms with Gasteiger partial charge in [-0.1, -0.05) is 6.42 Å². The number of pyridine rings is 1. The quantitative estimate of drug-likeness (QED) is 0.801. The minimum Gasteiger partial charge on any atom is -0.474 e. The van der Waals surface area contributed by atoms with E-state index in [9.17, 15) is 0 Å². The highest BCUT2D eigenvalue weighted by molar-refractivity contribution is 6.62. The van der Waals surface area contributed by atoms with E-state index >= 15 is 0 Å². The molecule has 0 N–H and O–H groups in total. The lowest BCUT2D eigenvalue weighted by Crippen LogP contribution is -2.41. The van der Waals surface area contributed by atoms with E-state index in [0.29, 0.717) is 6.10 Å². The predicted octanol–water partition coefficient (Wildman–Crippen LogP) is 3.40. The number of hydrogen-bond donors (Lipinski definition) is 0. The second kappa shape index (κ2) is 6.10. The van der Waals surface area contributed by atoms with Crippen LogP contribution in [0.15, 0.2) is 12.3 Å². The summed E-state index contributed by atoms with van der Waals surface area (Å²) in [5, 5.41) is 0. The Morgan fingerprint density at radius 3 is 2.26 bits per heavy atom. The van der Waals surface area contributed by atoms with E-state index in [4.69, 9.17) is 14.0 Å². The Kier molecular flexibility index (Phi) is 4.45. The summed E-state index contributed by atoms with van der Waals surface area (Å²) in [4.78, 5) is 4.49. The molecule has 1 aromatic rings. The van der Waals surface area contributed by atoms with E-state index in [1.807, 2.05) is 12.3 Å². The van der Waals surface area contributed by atoms with Crippen molar-refractivity contribution in [2.45, 2.75) is 84.0 Å². The summed E-state index contributed by atoms with van der Waals surface area (Å²) in [6.45, 7) is 10.3. The minimum absolute atomic E-state index is 0.318. The highest BCUT2D eigenvalue weighted by Crippen LogP contribution is 2.36. The third-order valence-electron chi connectivity index (χ3n) is 5.47. The van der Waals surface area contributed by atoms with E-state index in [1.54, 1.807) is 0 Å². The molecule has 2 fully saturated rings. The second-order valence-electron chi connectivity index (χ2n) is 7.85. The van der Waals surface area contributed by atoms with Gasteiger partial charge in [-0.3, -0.25) is 0 Å². The van der Waals surface area contributed by atoms with Gasteiger partial charge in [0.05, 0.1) is 11.2 Å². The first-order valence-corrected chi connectivity index (χ1v) is 8.77. The topological polar surface area (TPSA) is 40.6 Å². The van der Waals surface area contributed by atoms with Gasteiger partial charge in [0.15, 0.2) is 0 Å². The summed E-state index contributed by atoms with van der Waals surface area (Å²) >= 11 is 0. The molecule has 0 bridgehead atoms. The molecule has 3 rings (SSSR count). The molecule has 2 heterocycles. The highest BCUT2D eigenvalue weighted by Gasteiger charge is 2.52. The Labute approximate surface area is 140 Å². The van der Waals surface area contributed by atoms with Gasteiger partial charge in [-0.25, -0.2) is 4.98 Å². The van der Waals surface area contributed by atoms with Gasteiger partial charge in [0.2, 0.25) is 5.88 Å². The molecular weight excluding hydrogens is 289 g/mol. The average Bonchev–Trinajstić information content (AvgIpc) is 2.68. The van der Waals surface area contributed by atoms with E-state index in [1.165, 1.54) is 19.3 Å². The van der Waals surface area contributed by atoms with Crippen LogP contribution in [0.1, 0.15) is 65.4 Å². The van der Waals surface area contributed by atoms with Crippen molar-refractivity contribution in [2.24, 2.45) is 0 Å². The van der Waals surface area contributed by atoms with Crippen LogP contribution in [0.5, 0.6) is 5.88 Å². The van der Waals surface area contributed by atoms with Gasteiger partial charge < -0.3 is 14.0 Å². The van der Waals surface area contributed by atoms with Gasteiger partial charge in [0.25, 0.3) is 0 Å². The van der Waals surface area contributed by atoms with Gasteiger partial charge in [-0.05, 0) is 65.9 Å². The fourth-order valence-electron chi connectivity index (χ4n) is 3.18. The van der Waals surface area contributed by atoms with Crippen LogP contribution in [0.2, 0.25) is 0 Å². The molecule has 5 heteroatoms. The first kappa shape index (κ1) is 16.8. The maximum absolute atomic E-state index is 6.12. The van der Waals surface area contributed by atoms with Crippen molar-refractivity contribution < 1.29 is 14.0 Å². The average molecular weight is 317 g/mol. The molecule has 0 radical (unpaired) electrons. The fraction of sp³-hybridized carbons (Fsp3) is 0.722. The monoisotopic (exact) mass is 317 g/mol. The number of rotatable bonds is 3. The smallest absolute Gasteiger partial charge is 0.474 e. The molecule has 0 unspecified atom stereocenters. The van der Waals surface area contributed by atoms with Crippen LogP contribution >= 0.6 is 0 Å². The van der Waals surface area contributed by atoms with Crippen LogP contribution < -0.4 is 10.2 Å². The molecule has 0 atom stereocenters. The molecule has 0 amide bonds. The molecule has 1 saturated carbocycles. The van der Waals surface area contributed by atoms with Crippen molar-refractivity contribution in [3.63, 3.8) is 0 Å². The Balaban J connectivity index is 1.72. The summed E-state index contributed by atoms with van der Waals surface area (Å²) < 4.78 is 18.3. The molecule has 2 aliphatic rings. The Morgan fingerprint density at radius 1 is 1.09 bits per heavy atom. The van der Waals surface area contributed by atoms with Gasteiger partial charge >= 0.3 is 7.12 Å². The molecule has 1 aliphatic heterocycles. The molecule has 0 spiro atoms. The summed E-state index contributed by atoms with van der Waals surface area (Å²) in [6, 6.07) is 2.01. The van der Waals surface area contributed by atoms with Crippen molar-refractivity contribution in [2.75, 3.05) is 0 Å². The van der Waals surface area contributed by atoms with E-state index < -0.39 is 0 Å². The molecule has 126 valence electrons. The first-order chi connectivity index (χ1) is 10.8. The van der Waals surface area contributed by atoms with Crippen LogP contribution in [0.3, 0.4) is 0 Å². The Hall–Kier alpha value is -1.07. The fourth-order valence-corrected chi connectivity index (χ4v) is 3.18. The maximum atomic E-state index is 6.12. The SMILES string of the molecule is Cc1cc(OC2CCCCC2)ncc1B1OC(C)(C)C(C)(C)O1. The van der Waals surface area contributed by atoms with Crippen LogP contribution in [0.25, 0.3) is 0 Å². The normalized spacial score (nSPS) is 24.0. The van der Waals surface area contributed by atoms with Gasteiger partial charge in [-0.2, -0.15) is 0 Å². The lowest BCUT2D eigenvalue weighted by atomic mass is 9.77. The van der Waals surface area contributed by atoms with Crippen molar-refractivity contribution >= 4 is 12.6 Å². The molecule has 4 nitrogen and oxygen atoms in total. The lowest BCUT2D eigenvalue weighted by molar-refractivity contribution is 0.00578. The van der Waals surface area contributed by atoms with Crippen LogP contribution in [0.4, 0.5) is 0 Å². The minimum atomic E-state index is -0.365. The van der Waals surface area contributed by atoms with E-state index in [-0.39, 0.29) is 18.3 Å². The van der Waals surface area contributed by atoms with Crippen LogP contribution in [-0.2, 0) is 9.31 Å². The zero-order valence-electron chi connectivity index (χ0n) is 15.0. The molecular formula is C18H28BNO3. The van der Waals surface area contributed by atoms with Crippen molar-refractivity contribution in [3.05, 3.63) is 17.8 Å². The number of nitrogens with zero attached hydrogens (tertiary/aromatic N) is 1. The third-order valence-corrected chi connectivity index (χ3v) is 5.47. The summed E-state index contributed by atoms with van der Waals surface area (Å²) in [5.41, 5.74) is 1.42. The van der Waals surface area contributed by atoms with Crippen molar-refractivity contribution in [1.29, 1.82) is 0 Å². The maximum Gasteiger partial charge on any atom is 0.496 e. The van der Waals surface area contributed by atoms with Gasteiger partial charge in [-0.15, -0.1) is 0 Å². The molecule has 0 aromatic carbocycles. The summed E-state index contributed by atoms with van der Waals surface area (Å²) in [7, 11) is -0.365. The summed E-state index contributed by atoms with van der Waals surface area (Å²) in [5.74, 6) is 0.717. The first-order valence-electron chi connectivity index (χ1n) is 8.77. The Morgan fingerprint density at radius 2 is 1.70 bits per heavy atom. The second-order valence-corrected chi connectivity index (χ2v) is 7.85. The van der Waals surface area contributed by atoms with Gasteiger partial charge in [0, 0.05) is 17.7 Å². The van der Waals surface area contributed by atoms with Crippen molar-refractivity contribution in [3.8, 4) is 5.88 Å². The van der Waals surface area contributed by atoms with Crippen LogP contribution in [0, 0.1) is 6.92 Å². The zero-order chi connectivity index (χ0) is 16.7. The number of hydrogen-bond acceptors (Lipinski definition) is 4. The highest BCUT2D eigenvalue weighted by atomic mass is 16.7. The van der Waals surface area contributed by atoms with Crippen molar-refractivity contribution in [1.82, 2.24) is 4.98 Å². The number of ether oxygens (including phenoxy) is 1. The van der Waals surface area contributed by atoms with E-state index in [2.05, 4.69) is 39.6 Å². The largest absolute Gasteiger partial charge is 0.496 e. The number of aromatic nitrogens is 1. The number of aryl methyl sites for hydroxylation is 1. The van der Waals surface area contributed by atoms with Crippen LogP contribution in [-0.4, -0.2) is 29.4 Å².